The van der Waals surface area contributed by atoms with Crippen LogP contribution < -0.4 is 30.0 Å². The molecular formula is C17H18N2O7. The lowest BCUT2D eigenvalue weighted by atomic mass is 9.96. The molecule has 0 bridgehead atoms. The van der Waals surface area contributed by atoms with E-state index >= 15 is 0 Å². The summed E-state index contributed by atoms with van der Waals surface area (Å²) >= 11 is 0. The summed E-state index contributed by atoms with van der Waals surface area (Å²) in [6.07, 6.45) is 0. The fourth-order valence-corrected chi connectivity index (χ4v) is 2.74. The zero-order chi connectivity index (χ0) is 18.8. The molecule has 9 nitrogen and oxygen atoms in total. The number of ether oxygens (including phenoxy) is 4. The second-order valence-electron chi connectivity index (χ2n) is 5.48. The van der Waals surface area contributed by atoms with E-state index in [1.54, 1.807) is 6.07 Å². The summed E-state index contributed by atoms with van der Waals surface area (Å²) in [6.45, 7) is 0.0347. The van der Waals surface area contributed by atoms with E-state index in [0.717, 1.165) is 0 Å². The van der Waals surface area contributed by atoms with Crippen molar-refractivity contribution in [3.8, 4) is 34.5 Å². The molecule has 0 saturated heterocycles. The standard InChI is InChI=1S/C17H18N2O7/c1-23-13-3-8(4-14(24-2)16(13)21)15(19-17(18)22)9-5-11-12(6-10(9)20)26-7-25-11/h3-6,15,20-21H,7H2,1-2H3,(H3,18,19,22). The van der Waals surface area contributed by atoms with Gasteiger partial charge in [0.25, 0.3) is 0 Å². The van der Waals surface area contributed by atoms with Gasteiger partial charge in [-0.25, -0.2) is 4.79 Å². The van der Waals surface area contributed by atoms with Gasteiger partial charge in [0.05, 0.1) is 20.3 Å². The summed E-state index contributed by atoms with van der Waals surface area (Å²) in [5, 5.41) is 23.0. The van der Waals surface area contributed by atoms with Crippen molar-refractivity contribution in [3.05, 3.63) is 35.4 Å². The number of rotatable bonds is 5. The van der Waals surface area contributed by atoms with Crippen LogP contribution in [0.2, 0.25) is 0 Å². The average Bonchev–Trinajstić information content (AvgIpc) is 3.06. The Labute approximate surface area is 148 Å². The molecule has 2 aromatic carbocycles. The van der Waals surface area contributed by atoms with Crippen LogP contribution in [0.3, 0.4) is 0 Å². The normalized spacial score (nSPS) is 13.2. The first-order chi connectivity index (χ1) is 12.4. The highest BCUT2D eigenvalue weighted by Crippen LogP contribution is 2.44. The molecule has 2 aromatic rings. The first-order valence-electron chi connectivity index (χ1n) is 7.58. The second-order valence-corrected chi connectivity index (χ2v) is 5.48. The molecule has 2 amide bonds. The first kappa shape index (κ1) is 17.3. The molecule has 0 spiro atoms. The minimum absolute atomic E-state index is 0.0347. The molecule has 1 heterocycles. The van der Waals surface area contributed by atoms with E-state index < -0.39 is 12.1 Å². The minimum Gasteiger partial charge on any atom is -0.507 e. The lowest BCUT2D eigenvalue weighted by Gasteiger charge is -2.22. The predicted molar refractivity (Wildman–Crippen MR) is 90.0 cm³/mol. The quantitative estimate of drug-likeness (QED) is 0.635. The van der Waals surface area contributed by atoms with E-state index in [0.29, 0.717) is 22.6 Å². The van der Waals surface area contributed by atoms with Crippen molar-refractivity contribution in [1.82, 2.24) is 5.32 Å². The highest BCUT2D eigenvalue weighted by atomic mass is 16.7. The molecule has 5 N–H and O–H groups in total. The van der Waals surface area contributed by atoms with Crippen LogP contribution in [-0.4, -0.2) is 37.3 Å². The predicted octanol–water partition coefficient (Wildman–Crippen LogP) is 1.60. The molecule has 1 unspecified atom stereocenters. The number of nitrogens with one attached hydrogen (secondary N) is 1. The fourth-order valence-electron chi connectivity index (χ4n) is 2.74. The largest absolute Gasteiger partial charge is 0.507 e. The Balaban J connectivity index is 2.15. The molecule has 9 heteroatoms. The lowest BCUT2D eigenvalue weighted by molar-refractivity contribution is 0.174. The molecule has 0 aliphatic carbocycles. The number of methoxy groups -OCH3 is 2. The number of phenolic OH excluding ortho intramolecular Hbond substituents is 2. The average molecular weight is 362 g/mol. The summed E-state index contributed by atoms with van der Waals surface area (Å²) in [7, 11) is 2.76. The number of fused-ring (bicyclic) bond motifs is 1. The van der Waals surface area contributed by atoms with Gasteiger partial charge in [0, 0.05) is 11.6 Å². The molecule has 26 heavy (non-hydrogen) atoms. The van der Waals surface area contributed by atoms with Crippen LogP contribution >= 0.6 is 0 Å². The van der Waals surface area contributed by atoms with Crippen molar-refractivity contribution >= 4 is 6.03 Å². The van der Waals surface area contributed by atoms with Crippen LogP contribution in [0.5, 0.6) is 34.5 Å². The zero-order valence-electron chi connectivity index (χ0n) is 14.1. The molecule has 138 valence electrons. The van der Waals surface area contributed by atoms with Crippen molar-refractivity contribution < 1.29 is 34.0 Å². The van der Waals surface area contributed by atoms with Crippen LogP contribution in [0.1, 0.15) is 17.2 Å². The number of primary amides is 1. The van der Waals surface area contributed by atoms with E-state index in [9.17, 15) is 15.0 Å². The number of phenols is 2. The van der Waals surface area contributed by atoms with Gasteiger partial charge in [0.1, 0.15) is 5.75 Å². The number of hydrogen-bond donors (Lipinski definition) is 4. The van der Waals surface area contributed by atoms with Crippen LogP contribution in [0, 0.1) is 0 Å². The molecule has 1 atom stereocenters. The van der Waals surface area contributed by atoms with Crippen molar-refractivity contribution in [2.75, 3.05) is 21.0 Å². The number of nitrogens with two attached hydrogens (primary N) is 1. The number of benzene rings is 2. The third kappa shape index (κ3) is 3.06. The number of amides is 2. The van der Waals surface area contributed by atoms with E-state index in [4.69, 9.17) is 24.7 Å². The first-order valence-corrected chi connectivity index (χ1v) is 7.58. The topological polar surface area (TPSA) is 132 Å². The number of hydrogen-bond acceptors (Lipinski definition) is 7. The Kier molecular flexibility index (Phi) is 4.53. The lowest BCUT2D eigenvalue weighted by Crippen LogP contribution is -2.33. The Morgan fingerprint density at radius 2 is 1.69 bits per heavy atom. The maximum Gasteiger partial charge on any atom is 0.312 e. The van der Waals surface area contributed by atoms with Crippen LogP contribution in [0.15, 0.2) is 24.3 Å². The Morgan fingerprint density at radius 1 is 1.12 bits per heavy atom. The van der Waals surface area contributed by atoms with Crippen LogP contribution in [-0.2, 0) is 0 Å². The highest BCUT2D eigenvalue weighted by Gasteiger charge is 2.26. The van der Waals surface area contributed by atoms with Crippen molar-refractivity contribution in [2.24, 2.45) is 5.73 Å². The molecule has 0 aromatic heterocycles. The molecular weight excluding hydrogens is 344 g/mol. The Morgan fingerprint density at radius 3 is 2.23 bits per heavy atom. The van der Waals surface area contributed by atoms with Crippen molar-refractivity contribution in [2.45, 2.75) is 6.04 Å². The number of carbonyl (C=O) groups excluding carboxylic acids is 1. The molecule has 0 fully saturated rings. The zero-order valence-corrected chi connectivity index (χ0v) is 14.1. The SMILES string of the molecule is COc1cc(C(NC(N)=O)c2cc3c(cc2O)OCO3)cc(OC)c1O. The van der Waals surface area contributed by atoms with Gasteiger partial charge in [-0.1, -0.05) is 0 Å². The third-order valence-electron chi connectivity index (χ3n) is 3.95. The van der Waals surface area contributed by atoms with Crippen LogP contribution in [0.4, 0.5) is 4.79 Å². The summed E-state index contributed by atoms with van der Waals surface area (Å²) in [4.78, 5) is 11.5. The van der Waals surface area contributed by atoms with Gasteiger partial charge in [-0.3, -0.25) is 0 Å². The second kappa shape index (κ2) is 6.79. The summed E-state index contributed by atoms with van der Waals surface area (Å²) < 4.78 is 20.8. The van der Waals surface area contributed by atoms with E-state index in [-0.39, 0.29) is 29.8 Å². The van der Waals surface area contributed by atoms with E-state index in [1.807, 2.05) is 0 Å². The Bertz CT molecular complexity index is 828. The maximum absolute atomic E-state index is 11.5. The number of aromatic hydroxyl groups is 2. The Hall–Kier alpha value is -3.49. The minimum atomic E-state index is -0.856. The van der Waals surface area contributed by atoms with Gasteiger partial charge in [-0.05, 0) is 23.8 Å². The van der Waals surface area contributed by atoms with Gasteiger partial charge in [-0.15, -0.1) is 0 Å². The third-order valence-corrected chi connectivity index (χ3v) is 3.95. The smallest absolute Gasteiger partial charge is 0.312 e. The van der Waals surface area contributed by atoms with Gasteiger partial charge < -0.3 is 40.2 Å². The summed E-state index contributed by atoms with van der Waals surface area (Å²) in [5.41, 5.74) is 6.09. The van der Waals surface area contributed by atoms with Crippen molar-refractivity contribution in [1.29, 1.82) is 0 Å². The van der Waals surface area contributed by atoms with E-state index in [1.165, 1.54) is 32.4 Å². The highest BCUT2D eigenvalue weighted by molar-refractivity contribution is 5.73. The van der Waals surface area contributed by atoms with Crippen molar-refractivity contribution in [3.63, 3.8) is 0 Å². The summed E-state index contributed by atoms with van der Waals surface area (Å²) in [6, 6.07) is 4.28. The van der Waals surface area contributed by atoms with Gasteiger partial charge in [0.15, 0.2) is 23.0 Å². The fraction of sp³-hybridized carbons (Fsp3) is 0.235. The van der Waals surface area contributed by atoms with E-state index in [2.05, 4.69) is 5.32 Å². The number of urea groups is 1. The van der Waals surface area contributed by atoms with Crippen LogP contribution in [0.25, 0.3) is 0 Å². The number of carbonyl (C=O) groups is 1. The molecule has 1 aliphatic heterocycles. The van der Waals surface area contributed by atoms with Gasteiger partial charge >= 0.3 is 6.03 Å². The molecule has 1 aliphatic rings. The monoisotopic (exact) mass is 362 g/mol. The molecule has 3 rings (SSSR count). The maximum atomic E-state index is 11.5. The molecule has 0 radical (unpaired) electrons. The summed E-state index contributed by atoms with van der Waals surface area (Å²) in [5.74, 6) is 0.772. The molecule has 0 saturated carbocycles. The van der Waals surface area contributed by atoms with Gasteiger partial charge in [-0.2, -0.15) is 0 Å². The van der Waals surface area contributed by atoms with Gasteiger partial charge in [0.2, 0.25) is 12.5 Å².